The summed E-state index contributed by atoms with van der Waals surface area (Å²) in [6.45, 7) is 4.23. The van der Waals surface area contributed by atoms with Gasteiger partial charge in [-0.15, -0.1) is 0 Å². The summed E-state index contributed by atoms with van der Waals surface area (Å²) in [5.74, 6) is -2.44. The van der Waals surface area contributed by atoms with Gasteiger partial charge in [0.1, 0.15) is 0 Å². The van der Waals surface area contributed by atoms with Crippen molar-refractivity contribution in [3.05, 3.63) is 58.7 Å². The molecule has 210 valence electrons. The predicted molar refractivity (Wildman–Crippen MR) is 139 cm³/mol. The number of aliphatic hydroxyl groups excluding tert-OH is 1. The van der Waals surface area contributed by atoms with Gasteiger partial charge in [-0.3, -0.25) is 0 Å². The molecule has 0 amide bonds. The first-order valence-electron chi connectivity index (χ1n) is 14.2. The average molecular weight is 537 g/mol. The van der Waals surface area contributed by atoms with E-state index in [1.165, 1.54) is 12.1 Å². The Hall–Kier alpha value is -2.28. The number of aliphatic hydroxyl groups is 1. The van der Waals surface area contributed by atoms with E-state index in [9.17, 15) is 22.7 Å². The number of rotatable bonds is 10. The summed E-state index contributed by atoms with van der Waals surface area (Å²) in [5, 5.41) is 10.1. The van der Waals surface area contributed by atoms with E-state index in [0.717, 1.165) is 51.4 Å². The van der Waals surface area contributed by atoms with Crippen molar-refractivity contribution < 1.29 is 32.1 Å². The minimum Gasteiger partial charge on any atom is -0.491 e. The molecule has 1 N–H and O–H groups in total. The van der Waals surface area contributed by atoms with Gasteiger partial charge >= 0.3 is 0 Å². The van der Waals surface area contributed by atoms with E-state index in [2.05, 4.69) is 0 Å². The third-order valence-corrected chi connectivity index (χ3v) is 8.62. The van der Waals surface area contributed by atoms with E-state index in [0.29, 0.717) is 42.8 Å². The van der Waals surface area contributed by atoms with Crippen LogP contribution in [0.3, 0.4) is 0 Å². The zero-order valence-corrected chi connectivity index (χ0v) is 22.5. The highest BCUT2D eigenvalue weighted by molar-refractivity contribution is 5.35. The van der Waals surface area contributed by atoms with Crippen LogP contribution in [0, 0.1) is 41.0 Å². The molecule has 2 aliphatic rings. The molecule has 1 unspecified atom stereocenters. The van der Waals surface area contributed by atoms with E-state index < -0.39 is 29.4 Å². The van der Waals surface area contributed by atoms with E-state index in [1.807, 2.05) is 6.92 Å². The van der Waals surface area contributed by atoms with Crippen LogP contribution in [0.2, 0.25) is 0 Å². The highest BCUT2D eigenvalue weighted by Crippen LogP contribution is 2.45. The summed E-state index contributed by atoms with van der Waals surface area (Å²) >= 11 is 0. The Morgan fingerprint density at radius 1 is 0.737 bits per heavy atom. The fraction of sp³-hybridized carbons (Fsp3) is 0.613. The Labute approximate surface area is 223 Å². The van der Waals surface area contributed by atoms with Gasteiger partial charge in [0, 0.05) is 5.56 Å². The second-order valence-corrected chi connectivity index (χ2v) is 11.0. The second kappa shape index (κ2) is 13.2. The van der Waals surface area contributed by atoms with Crippen LogP contribution < -0.4 is 9.47 Å². The molecule has 0 radical (unpaired) electrons. The number of hydrogen-bond acceptors (Lipinski definition) is 3. The lowest BCUT2D eigenvalue weighted by Crippen LogP contribution is -2.27. The second-order valence-electron chi connectivity index (χ2n) is 11.0. The summed E-state index contributed by atoms with van der Waals surface area (Å²) in [7, 11) is 0. The number of benzene rings is 2. The summed E-state index contributed by atoms with van der Waals surface area (Å²) in [6, 6.07) is 6.04. The third kappa shape index (κ3) is 6.47. The minimum absolute atomic E-state index is 0.00673. The van der Waals surface area contributed by atoms with Gasteiger partial charge in [-0.1, -0.05) is 25.5 Å². The van der Waals surface area contributed by atoms with Crippen molar-refractivity contribution in [2.75, 3.05) is 13.2 Å². The van der Waals surface area contributed by atoms with Crippen molar-refractivity contribution in [1.29, 1.82) is 0 Å². The molecule has 0 aromatic heterocycles. The molecular weight excluding hydrogens is 496 g/mol. The lowest BCUT2D eigenvalue weighted by atomic mass is 9.68. The topological polar surface area (TPSA) is 38.7 Å². The van der Waals surface area contributed by atoms with E-state index in [-0.39, 0.29) is 29.6 Å². The molecule has 2 fully saturated rings. The Balaban J connectivity index is 1.24. The fourth-order valence-corrected chi connectivity index (χ4v) is 6.41. The quantitative estimate of drug-likeness (QED) is 0.309. The van der Waals surface area contributed by atoms with Crippen LogP contribution in [0.25, 0.3) is 0 Å². The molecule has 0 heterocycles. The molecule has 4 rings (SSSR count). The highest BCUT2D eigenvalue weighted by Gasteiger charge is 2.33. The van der Waals surface area contributed by atoms with Crippen molar-refractivity contribution in [1.82, 2.24) is 0 Å². The van der Waals surface area contributed by atoms with Gasteiger partial charge in [0.25, 0.3) is 0 Å². The Bertz CT molecular complexity index is 1060. The van der Waals surface area contributed by atoms with Crippen molar-refractivity contribution >= 4 is 0 Å². The van der Waals surface area contributed by atoms with Crippen LogP contribution >= 0.6 is 0 Å². The molecule has 2 aliphatic carbocycles. The molecule has 38 heavy (non-hydrogen) atoms. The molecule has 0 saturated heterocycles. The molecule has 7 heteroatoms. The first-order valence-corrected chi connectivity index (χ1v) is 14.2. The summed E-state index contributed by atoms with van der Waals surface area (Å²) < 4.78 is 68.7. The Morgan fingerprint density at radius 2 is 1.32 bits per heavy atom. The van der Waals surface area contributed by atoms with E-state index in [4.69, 9.17) is 9.47 Å². The Kier molecular flexibility index (Phi) is 9.97. The number of hydrogen-bond donors (Lipinski definition) is 1. The van der Waals surface area contributed by atoms with Gasteiger partial charge in [0.2, 0.25) is 11.6 Å². The van der Waals surface area contributed by atoms with Crippen LogP contribution in [0.5, 0.6) is 11.5 Å². The minimum atomic E-state index is -1.02. The van der Waals surface area contributed by atoms with Crippen LogP contribution in [0.1, 0.15) is 101 Å². The highest BCUT2D eigenvalue weighted by atomic mass is 19.2. The Morgan fingerprint density at radius 3 is 1.89 bits per heavy atom. The monoisotopic (exact) mass is 536 g/mol. The number of halogens is 4. The largest absolute Gasteiger partial charge is 0.491 e. The van der Waals surface area contributed by atoms with Crippen molar-refractivity contribution in [3.8, 4) is 11.5 Å². The summed E-state index contributed by atoms with van der Waals surface area (Å²) in [6.07, 6.45) is 7.89. The van der Waals surface area contributed by atoms with E-state index >= 15 is 0 Å². The standard InChI is InChI=1S/C31H40F4O3/c1-3-5-25(36)24-15-14-23(28(32)29(24)33)22-12-10-21(11-13-22)20-8-6-19(7-9-20)18-38-27-17-16-26(37-4-2)30(34)31(27)35/h14-17,19-22,25,36H,3-13,18H2,1-2H3. The summed E-state index contributed by atoms with van der Waals surface area (Å²) in [4.78, 5) is 0. The molecule has 0 spiro atoms. The molecule has 2 saturated carbocycles. The molecule has 2 aromatic rings. The summed E-state index contributed by atoms with van der Waals surface area (Å²) in [5.41, 5.74) is 0.491. The van der Waals surface area contributed by atoms with E-state index in [1.54, 1.807) is 19.1 Å². The maximum absolute atomic E-state index is 14.9. The smallest absolute Gasteiger partial charge is 0.204 e. The lowest BCUT2D eigenvalue weighted by molar-refractivity contribution is 0.129. The molecule has 2 aromatic carbocycles. The zero-order valence-electron chi connectivity index (χ0n) is 22.5. The van der Waals surface area contributed by atoms with Crippen LogP contribution in [-0.4, -0.2) is 18.3 Å². The zero-order chi connectivity index (χ0) is 27.2. The van der Waals surface area contributed by atoms with Gasteiger partial charge in [-0.2, -0.15) is 8.78 Å². The maximum Gasteiger partial charge on any atom is 0.204 e. The molecule has 1 atom stereocenters. The maximum atomic E-state index is 14.9. The van der Waals surface area contributed by atoms with Crippen LogP contribution in [0.4, 0.5) is 17.6 Å². The van der Waals surface area contributed by atoms with Crippen molar-refractivity contribution in [2.24, 2.45) is 17.8 Å². The number of ether oxygens (including phenoxy) is 2. The van der Waals surface area contributed by atoms with Crippen LogP contribution in [-0.2, 0) is 0 Å². The van der Waals surface area contributed by atoms with Gasteiger partial charge in [0.05, 0.1) is 19.3 Å². The third-order valence-electron chi connectivity index (χ3n) is 8.62. The lowest BCUT2D eigenvalue weighted by Gasteiger charge is -2.38. The van der Waals surface area contributed by atoms with Crippen LogP contribution in [0.15, 0.2) is 24.3 Å². The molecular formula is C31H40F4O3. The van der Waals surface area contributed by atoms with Crippen molar-refractivity contribution in [2.45, 2.75) is 90.1 Å². The van der Waals surface area contributed by atoms with Gasteiger partial charge < -0.3 is 14.6 Å². The molecule has 0 aliphatic heterocycles. The first kappa shape index (κ1) is 28.7. The van der Waals surface area contributed by atoms with Crippen molar-refractivity contribution in [3.63, 3.8) is 0 Å². The average Bonchev–Trinajstić information content (AvgIpc) is 2.93. The fourth-order valence-electron chi connectivity index (χ4n) is 6.41. The molecule has 0 bridgehead atoms. The SMILES string of the molecule is CCCC(O)c1ccc(C2CCC(C3CCC(COc4ccc(OCC)c(F)c4F)CC3)CC2)c(F)c1F. The normalized spacial score (nSPS) is 24.7. The predicted octanol–water partition coefficient (Wildman–Crippen LogP) is 8.63. The van der Waals surface area contributed by atoms with Gasteiger partial charge in [0.15, 0.2) is 23.1 Å². The molecule has 3 nitrogen and oxygen atoms in total. The van der Waals surface area contributed by atoms with Gasteiger partial charge in [-0.05, 0) is 106 Å². The first-order chi connectivity index (χ1) is 18.3. The van der Waals surface area contributed by atoms with Gasteiger partial charge in [-0.25, -0.2) is 8.78 Å².